The minimum atomic E-state index is 0.796. The van der Waals surface area contributed by atoms with Gasteiger partial charge >= 0.3 is 0 Å². The second-order valence-corrected chi connectivity index (χ2v) is 4.57. The van der Waals surface area contributed by atoms with Crippen molar-refractivity contribution in [3.05, 3.63) is 66.7 Å². The van der Waals surface area contributed by atoms with Gasteiger partial charge in [-0.15, -0.1) is 0 Å². The summed E-state index contributed by atoms with van der Waals surface area (Å²) in [5.74, 6) is 0. The van der Waals surface area contributed by atoms with Gasteiger partial charge in [0.2, 0.25) is 0 Å². The van der Waals surface area contributed by atoms with Gasteiger partial charge in [-0.1, -0.05) is 60.8 Å². The number of nitrogen functional groups attached to an aromatic ring is 1. The van der Waals surface area contributed by atoms with Crippen LogP contribution in [0.5, 0.6) is 0 Å². The average Bonchev–Trinajstić information content (AvgIpc) is 2.33. The third kappa shape index (κ3) is 2.47. The van der Waals surface area contributed by atoms with Crippen molar-refractivity contribution in [2.24, 2.45) is 0 Å². The Morgan fingerprint density at radius 2 is 1.56 bits per heavy atom. The third-order valence-corrected chi connectivity index (χ3v) is 3.32. The average molecular weight is 227 g/mol. The fourth-order valence-electron chi connectivity index (χ4n) is 1.39. The number of hydrogen-bond acceptors (Lipinski definition) is 2. The second-order valence-electron chi connectivity index (χ2n) is 3.43. The molecule has 0 bridgehead atoms. The highest BCUT2D eigenvalue weighted by atomic mass is 32.2. The molecule has 0 unspecified atom stereocenters. The van der Waals surface area contributed by atoms with Crippen LogP contribution in [0.1, 0.15) is 5.56 Å². The Bertz CT molecular complexity index is 491. The first kappa shape index (κ1) is 10.8. The highest BCUT2D eigenvalue weighted by Gasteiger charge is 2.03. The maximum Gasteiger partial charge on any atom is 0.0455 e. The molecule has 0 aliphatic rings. The second kappa shape index (κ2) is 4.90. The molecule has 2 aromatic rings. The topological polar surface area (TPSA) is 26.0 Å². The molecule has 2 rings (SSSR count). The number of thioether (sulfide) groups is 1. The molecular formula is C14H13NS. The lowest BCUT2D eigenvalue weighted by atomic mass is 10.2. The van der Waals surface area contributed by atoms with Crippen LogP contribution in [0, 0.1) is 0 Å². The summed E-state index contributed by atoms with van der Waals surface area (Å²) in [7, 11) is 0. The van der Waals surface area contributed by atoms with Crippen molar-refractivity contribution in [3.63, 3.8) is 0 Å². The molecule has 0 saturated heterocycles. The Balaban J connectivity index is 2.18. The van der Waals surface area contributed by atoms with E-state index in [2.05, 4.69) is 18.7 Å². The Kier molecular flexibility index (Phi) is 3.32. The summed E-state index contributed by atoms with van der Waals surface area (Å²) in [5, 5.41) is 0. The molecule has 0 aromatic heterocycles. The molecular weight excluding hydrogens is 214 g/mol. The smallest absolute Gasteiger partial charge is 0.0455 e. The van der Waals surface area contributed by atoms with Crippen LogP contribution in [0.3, 0.4) is 0 Å². The molecule has 0 fully saturated rings. The molecule has 0 aliphatic carbocycles. The molecule has 1 nitrogen and oxygen atoms in total. The molecule has 16 heavy (non-hydrogen) atoms. The van der Waals surface area contributed by atoms with Crippen LogP contribution < -0.4 is 5.73 Å². The molecule has 2 N–H and O–H groups in total. The van der Waals surface area contributed by atoms with Crippen molar-refractivity contribution in [2.45, 2.75) is 4.90 Å². The van der Waals surface area contributed by atoms with Gasteiger partial charge in [-0.25, -0.2) is 0 Å². The quantitative estimate of drug-likeness (QED) is 0.632. The first-order valence-corrected chi connectivity index (χ1v) is 5.86. The zero-order valence-electron chi connectivity index (χ0n) is 8.89. The van der Waals surface area contributed by atoms with E-state index in [1.807, 2.05) is 42.5 Å². The molecule has 0 radical (unpaired) electrons. The van der Waals surface area contributed by atoms with Crippen LogP contribution in [0.25, 0.3) is 4.91 Å². The SMILES string of the molecule is C=C(Sc1ccccc1N)c1ccccc1. The predicted octanol–water partition coefficient (Wildman–Crippen LogP) is 4.03. The predicted molar refractivity (Wildman–Crippen MR) is 72.2 cm³/mol. The van der Waals surface area contributed by atoms with Crippen LogP contribution >= 0.6 is 11.8 Å². The van der Waals surface area contributed by atoms with Gasteiger partial charge in [-0.05, 0) is 17.7 Å². The Morgan fingerprint density at radius 3 is 2.25 bits per heavy atom. The van der Waals surface area contributed by atoms with E-state index in [0.29, 0.717) is 0 Å². The fourth-order valence-corrected chi connectivity index (χ4v) is 2.24. The van der Waals surface area contributed by atoms with E-state index in [9.17, 15) is 0 Å². The zero-order chi connectivity index (χ0) is 11.4. The third-order valence-electron chi connectivity index (χ3n) is 2.25. The van der Waals surface area contributed by atoms with E-state index in [4.69, 9.17) is 5.73 Å². The van der Waals surface area contributed by atoms with Gasteiger partial charge in [0, 0.05) is 15.5 Å². The van der Waals surface area contributed by atoms with Crippen LogP contribution in [-0.2, 0) is 0 Å². The number of rotatable bonds is 3. The minimum Gasteiger partial charge on any atom is -0.398 e. The summed E-state index contributed by atoms with van der Waals surface area (Å²) in [6.07, 6.45) is 0. The normalized spacial score (nSPS) is 10.0. The number of hydrogen-bond donors (Lipinski definition) is 1. The molecule has 0 heterocycles. The van der Waals surface area contributed by atoms with E-state index in [1.54, 1.807) is 11.8 Å². The number of nitrogens with two attached hydrogens (primary N) is 1. The van der Waals surface area contributed by atoms with Crippen molar-refractivity contribution < 1.29 is 0 Å². The maximum atomic E-state index is 5.88. The monoisotopic (exact) mass is 227 g/mol. The molecule has 0 amide bonds. The van der Waals surface area contributed by atoms with Crippen molar-refractivity contribution >= 4 is 22.4 Å². The van der Waals surface area contributed by atoms with Crippen LogP contribution in [0.2, 0.25) is 0 Å². The maximum absolute atomic E-state index is 5.88. The first-order chi connectivity index (χ1) is 7.77. The van der Waals surface area contributed by atoms with Gasteiger partial charge in [0.1, 0.15) is 0 Å². The first-order valence-electron chi connectivity index (χ1n) is 5.04. The largest absolute Gasteiger partial charge is 0.398 e. The van der Waals surface area contributed by atoms with Gasteiger partial charge < -0.3 is 5.73 Å². The summed E-state index contributed by atoms with van der Waals surface area (Å²) in [5.41, 5.74) is 7.82. The fraction of sp³-hybridized carbons (Fsp3) is 0. The molecule has 0 aliphatic heterocycles. The van der Waals surface area contributed by atoms with E-state index < -0.39 is 0 Å². The van der Waals surface area contributed by atoms with E-state index in [1.165, 1.54) is 0 Å². The Labute approximate surface area is 100.0 Å². The van der Waals surface area contributed by atoms with Gasteiger partial charge in [0.25, 0.3) is 0 Å². The Morgan fingerprint density at radius 1 is 0.938 bits per heavy atom. The molecule has 0 saturated carbocycles. The Hall–Kier alpha value is -1.67. The van der Waals surface area contributed by atoms with E-state index in [-0.39, 0.29) is 0 Å². The lowest BCUT2D eigenvalue weighted by Gasteiger charge is -2.07. The minimum absolute atomic E-state index is 0.796. The van der Waals surface area contributed by atoms with E-state index >= 15 is 0 Å². The van der Waals surface area contributed by atoms with Gasteiger partial charge in [-0.3, -0.25) is 0 Å². The van der Waals surface area contributed by atoms with Crippen molar-refractivity contribution in [1.29, 1.82) is 0 Å². The highest BCUT2D eigenvalue weighted by molar-refractivity contribution is 8.08. The van der Waals surface area contributed by atoms with Crippen molar-refractivity contribution in [2.75, 3.05) is 5.73 Å². The van der Waals surface area contributed by atoms with E-state index in [0.717, 1.165) is 21.1 Å². The summed E-state index contributed by atoms with van der Waals surface area (Å²) in [6, 6.07) is 17.9. The summed E-state index contributed by atoms with van der Waals surface area (Å²) in [4.78, 5) is 2.06. The zero-order valence-corrected chi connectivity index (χ0v) is 9.71. The van der Waals surface area contributed by atoms with Gasteiger partial charge in [0.05, 0.1) is 0 Å². The van der Waals surface area contributed by atoms with Crippen LogP contribution in [0.4, 0.5) is 5.69 Å². The number of para-hydroxylation sites is 1. The molecule has 0 spiro atoms. The molecule has 2 heteroatoms. The molecule has 0 atom stereocenters. The number of anilines is 1. The highest BCUT2D eigenvalue weighted by Crippen LogP contribution is 2.35. The molecule has 80 valence electrons. The lowest BCUT2D eigenvalue weighted by molar-refractivity contribution is 1.47. The molecule has 2 aromatic carbocycles. The van der Waals surface area contributed by atoms with Gasteiger partial charge in [0.15, 0.2) is 0 Å². The van der Waals surface area contributed by atoms with Crippen LogP contribution in [-0.4, -0.2) is 0 Å². The standard InChI is InChI=1S/C14H13NS/c1-11(12-7-3-2-4-8-12)16-14-10-6-5-9-13(14)15/h2-10H,1,15H2. The van der Waals surface area contributed by atoms with Crippen LogP contribution in [0.15, 0.2) is 66.1 Å². The van der Waals surface area contributed by atoms with Gasteiger partial charge in [-0.2, -0.15) is 0 Å². The lowest BCUT2D eigenvalue weighted by Crippen LogP contribution is -1.87. The van der Waals surface area contributed by atoms with Crippen molar-refractivity contribution in [3.8, 4) is 0 Å². The van der Waals surface area contributed by atoms with Crippen molar-refractivity contribution in [1.82, 2.24) is 0 Å². The summed E-state index contributed by atoms with van der Waals surface area (Å²) in [6.45, 7) is 4.07. The number of benzene rings is 2. The summed E-state index contributed by atoms with van der Waals surface area (Å²) >= 11 is 1.60. The summed E-state index contributed by atoms with van der Waals surface area (Å²) < 4.78 is 0.